The number of nitrogens with one attached hydrogen (secondary N) is 1. The Labute approximate surface area is 121 Å². The van der Waals surface area contributed by atoms with Gasteiger partial charge in [-0.15, -0.1) is 0 Å². The Bertz CT molecular complexity index is 741. The molecule has 2 aromatic rings. The minimum atomic E-state index is -0.132. The third-order valence-corrected chi connectivity index (χ3v) is 3.36. The van der Waals surface area contributed by atoms with E-state index in [-0.39, 0.29) is 5.91 Å². The van der Waals surface area contributed by atoms with Gasteiger partial charge in [0.2, 0.25) is 0 Å². The van der Waals surface area contributed by atoms with Gasteiger partial charge in [0.05, 0.1) is 22.9 Å². The lowest BCUT2D eigenvalue weighted by Crippen LogP contribution is -2.30. The average molecular weight is 284 g/mol. The number of carbonyl (C=O) groups excluding carboxylic acids is 1. The maximum absolute atomic E-state index is 12.1. The van der Waals surface area contributed by atoms with Crippen LogP contribution in [0.5, 0.6) is 0 Å². The van der Waals surface area contributed by atoms with Crippen molar-refractivity contribution in [3.63, 3.8) is 0 Å². The van der Waals surface area contributed by atoms with Gasteiger partial charge in [0, 0.05) is 6.54 Å². The van der Waals surface area contributed by atoms with E-state index in [0.29, 0.717) is 23.0 Å². The fourth-order valence-corrected chi connectivity index (χ4v) is 2.37. The summed E-state index contributed by atoms with van der Waals surface area (Å²) < 4.78 is 0. The van der Waals surface area contributed by atoms with Crippen LogP contribution in [0.4, 0.5) is 0 Å². The minimum Gasteiger partial charge on any atom is -0.328 e. The highest BCUT2D eigenvalue weighted by atomic mass is 32.1. The summed E-state index contributed by atoms with van der Waals surface area (Å²) in [6.45, 7) is 2.43. The molecule has 1 aromatic heterocycles. The van der Waals surface area contributed by atoms with Crippen LogP contribution in [0.25, 0.3) is 17.1 Å². The monoisotopic (exact) mass is 284 g/mol. The molecule has 100 valence electrons. The van der Waals surface area contributed by atoms with Crippen LogP contribution in [0.3, 0.4) is 0 Å². The van der Waals surface area contributed by atoms with Crippen molar-refractivity contribution in [2.75, 3.05) is 6.54 Å². The standard InChI is InChI=1S/C14H12N4OS/c1-2-18-13(19)12(17-14(18)20)7-9-8-15-10-5-3-4-6-11(10)16-9/h3-8H,2H2,1H3,(H,17,20). The zero-order valence-electron chi connectivity index (χ0n) is 10.8. The quantitative estimate of drug-likeness (QED) is 0.672. The van der Waals surface area contributed by atoms with Crippen molar-refractivity contribution in [3.05, 3.63) is 41.9 Å². The largest absolute Gasteiger partial charge is 0.328 e. The molecule has 0 aliphatic carbocycles. The Morgan fingerprint density at radius 2 is 2.10 bits per heavy atom. The van der Waals surface area contributed by atoms with Gasteiger partial charge in [0.1, 0.15) is 5.70 Å². The molecule has 5 nitrogen and oxygen atoms in total. The van der Waals surface area contributed by atoms with Gasteiger partial charge in [0.15, 0.2) is 5.11 Å². The predicted molar refractivity (Wildman–Crippen MR) is 80.6 cm³/mol. The number of para-hydroxylation sites is 2. The summed E-state index contributed by atoms with van der Waals surface area (Å²) in [6, 6.07) is 7.60. The second-order valence-electron chi connectivity index (χ2n) is 4.32. The molecule has 0 unspecified atom stereocenters. The van der Waals surface area contributed by atoms with Crippen LogP contribution in [-0.4, -0.2) is 32.4 Å². The minimum absolute atomic E-state index is 0.132. The highest BCUT2D eigenvalue weighted by Gasteiger charge is 2.29. The Morgan fingerprint density at radius 3 is 2.80 bits per heavy atom. The maximum atomic E-state index is 12.1. The lowest BCUT2D eigenvalue weighted by Gasteiger charge is -2.08. The molecule has 0 saturated carbocycles. The Morgan fingerprint density at radius 1 is 1.35 bits per heavy atom. The number of hydrogen-bond acceptors (Lipinski definition) is 4. The van der Waals surface area contributed by atoms with Crippen LogP contribution < -0.4 is 5.32 Å². The van der Waals surface area contributed by atoms with Gasteiger partial charge >= 0.3 is 0 Å². The molecule has 1 aliphatic rings. The zero-order valence-corrected chi connectivity index (χ0v) is 11.6. The fourth-order valence-electron chi connectivity index (χ4n) is 2.05. The zero-order chi connectivity index (χ0) is 14.1. The first-order valence-electron chi connectivity index (χ1n) is 6.25. The highest BCUT2D eigenvalue weighted by Crippen LogP contribution is 2.14. The fraction of sp³-hybridized carbons (Fsp3) is 0.143. The number of rotatable bonds is 2. The summed E-state index contributed by atoms with van der Waals surface area (Å²) in [5.74, 6) is -0.132. The van der Waals surface area contributed by atoms with E-state index in [4.69, 9.17) is 12.2 Å². The number of carbonyl (C=O) groups is 1. The van der Waals surface area contributed by atoms with Crippen molar-refractivity contribution in [1.29, 1.82) is 0 Å². The number of thiocarbonyl (C=S) groups is 1. The van der Waals surface area contributed by atoms with E-state index in [9.17, 15) is 4.79 Å². The van der Waals surface area contributed by atoms with Gasteiger partial charge in [-0.3, -0.25) is 14.7 Å². The summed E-state index contributed by atoms with van der Waals surface area (Å²) in [7, 11) is 0. The van der Waals surface area contributed by atoms with Gasteiger partial charge in [-0.2, -0.15) is 0 Å². The molecule has 0 atom stereocenters. The molecular weight excluding hydrogens is 272 g/mol. The first-order valence-corrected chi connectivity index (χ1v) is 6.66. The number of nitrogens with zero attached hydrogens (tertiary/aromatic N) is 3. The predicted octanol–water partition coefficient (Wildman–Crippen LogP) is 1.71. The SMILES string of the molecule is CCN1C(=O)C(=Cc2cnc3ccccc3n2)NC1=S. The van der Waals surface area contributed by atoms with Gasteiger partial charge in [0.25, 0.3) is 5.91 Å². The van der Waals surface area contributed by atoms with Crippen LogP contribution in [0, 0.1) is 0 Å². The third-order valence-electron chi connectivity index (χ3n) is 3.04. The molecule has 1 amide bonds. The number of hydrogen-bond donors (Lipinski definition) is 1. The van der Waals surface area contributed by atoms with E-state index in [1.807, 2.05) is 31.2 Å². The Hall–Kier alpha value is -2.34. The Balaban J connectivity index is 1.98. The summed E-state index contributed by atoms with van der Waals surface area (Å²) >= 11 is 5.10. The van der Waals surface area contributed by atoms with E-state index < -0.39 is 0 Å². The molecule has 6 heteroatoms. The maximum Gasteiger partial charge on any atom is 0.276 e. The smallest absolute Gasteiger partial charge is 0.276 e. The van der Waals surface area contributed by atoms with Crippen molar-refractivity contribution >= 4 is 40.3 Å². The third kappa shape index (κ3) is 2.14. The molecule has 20 heavy (non-hydrogen) atoms. The average Bonchev–Trinajstić information content (AvgIpc) is 2.73. The molecule has 1 aromatic carbocycles. The first kappa shape index (κ1) is 12.7. The van der Waals surface area contributed by atoms with Gasteiger partial charge in [-0.25, -0.2) is 4.98 Å². The van der Waals surface area contributed by atoms with Gasteiger partial charge in [-0.05, 0) is 37.4 Å². The van der Waals surface area contributed by atoms with Crippen LogP contribution >= 0.6 is 12.2 Å². The van der Waals surface area contributed by atoms with E-state index >= 15 is 0 Å². The highest BCUT2D eigenvalue weighted by molar-refractivity contribution is 7.80. The molecule has 1 N–H and O–H groups in total. The van der Waals surface area contributed by atoms with Crippen LogP contribution in [0.2, 0.25) is 0 Å². The van der Waals surface area contributed by atoms with Gasteiger partial charge in [-0.1, -0.05) is 12.1 Å². The molecule has 1 fully saturated rings. The van der Waals surface area contributed by atoms with E-state index in [0.717, 1.165) is 11.0 Å². The van der Waals surface area contributed by atoms with Crippen molar-refractivity contribution in [2.45, 2.75) is 6.92 Å². The summed E-state index contributed by atoms with van der Waals surface area (Å²) in [6.07, 6.45) is 3.31. The molecule has 0 radical (unpaired) electrons. The lowest BCUT2D eigenvalue weighted by molar-refractivity contribution is -0.122. The number of benzene rings is 1. The van der Waals surface area contributed by atoms with Gasteiger partial charge < -0.3 is 5.32 Å². The molecule has 3 rings (SSSR count). The van der Waals surface area contributed by atoms with Crippen molar-refractivity contribution < 1.29 is 4.79 Å². The van der Waals surface area contributed by atoms with Crippen LogP contribution in [0.1, 0.15) is 12.6 Å². The Kier molecular flexibility index (Phi) is 3.15. The van der Waals surface area contributed by atoms with Crippen molar-refractivity contribution in [1.82, 2.24) is 20.2 Å². The van der Waals surface area contributed by atoms with Crippen molar-refractivity contribution in [3.8, 4) is 0 Å². The van der Waals surface area contributed by atoms with E-state index in [1.165, 1.54) is 4.90 Å². The van der Waals surface area contributed by atoms with Crippen LogP contribution in [0.15, 0.2) is 36.2 Å². The number of amides is 1. The first-order chi connectivity index (χ1) is 9.69. The molecule has 1 aliphatic heterocycles. The number of likely N-dealkylation sites (N-methyl/N-ethyl adjacent to an activating group) is 1. The molecule has 0 spiro atoms. The van der Waals surface area contributed by atoms with Crippen LogP contribution in [-0.2, 0) is 4.79 Å². The number of fused-ring (bicyclic) bond motifs is 1. The lowest BCUT2D eigenvalue weighted by atomic mass is 10.2. The number of aromatic nitrogens is 2. The van der Waals surface area contributed by atoms with E-state index in [2.05, 4.69) is 15.3 Å². The summed E-state index contributed by atoms with van der Waals surface area (Å²) in [5, 5.41) is 3.33. The molecule has 2 heterocycles. The molecule has 0 bridgehead atoms. The van der Waals surface area contributed by atoms with Crippen molar-refractivity contribution in [2.24, 2.45) is 0 Å². The molecule has 1 saturated heterocycles. The normalized spacial score (nSPS) is 17.1. The second kappa shape index (κ2) is 4.97. The topological polar surface area (TPSA) is 58.1 Å². The summed E-state index contributed by atoms with van der Waals surface area (Å²) in [4.78, 5) is 22.4. The van der Waals surface area contributed by atoms with E-state index in [1.54, 1.807) is 12.3 Å². The summed E-state index contributed by atoms with van der Waals surface area (Å²) in [5.41, 5.74) is 2.68. The molecular formula is C14H12N4OS. The second-order valence-corrected chi connectivity index (χ2v) is 4.71.